The fourth-order valence-corrected chi connectivity index (χ4v) is 3.22. The van der Waals surface area contributed by atoms with Crippen LogP contribution in [0.1, 0.15) is 24.1 Å². The molecule has 0 amide bonds. The number of nitrogens with zero attached hydrogens (tertiary/aromatic N) is 1. The first-order valence-corrected chi connectivity index (χ1v) is 8.57. The van der Waals surface area contributed by atoms with Gasteiger partial charge in [-0.15, -0.1) is 11.8 Å². The molecule has 0 saturated carbocycles. The molecule has 0 bridgehead atoms. The predicted octanol–water partition coefficient (Wildman–Crippen LogP) is 4.52. The van der Waals surface area contributed by atoms with Gasteiger partial charge in [0.1, 0.15) is 0 Å². The van der Waals surface area contributed by atoms with Crippen LogP contribution in [0.2, 0.25) is 0 Å². The second-order valence-corrected chi connectivity index (χ2v) is 6.38. The van der Waals surface area contributed by atoms with E-state index in [0.29, 0.717) is 0 Å². The van der Waals surface area contributed by atoms with Crippen molar-refractivity contribution < 1.29 is 0 Å². The summed E-state index contributed by atoms with van der Waals surface area (Å²) in [6, 6.07) is 21.2. The molecule has 2 aromatic carbocycles. The van der Waals surface area contributed by atoms with Crippen molar-refractivity contribution in [1.29, 1.82) is 0 Å². The lowest BCUT2D eigenvalue weighted by molar-refractivity contribution is 0.701. The third-order valence-corrected chi connectivity index (χ3v) is 4.56. The maximum absolute atomic E-state index is 4.54. The average molecular weight is 308 g/mol. The number of hydrogen-bond donors (Lipinski definition) is 1. The smallest absolute Gasteiger partial charge is 0.0926 e. The fraction of sp³-hybridized carbons (Fsp3) is 0.211. The molecule has 0 aromatic heterocycles. The number of thioether (sulfide) groups is 1. The summed E-state index contributed by atoms with van der Waals surface area (Å²) in [6.07, 6.45) is 2.17. The summed E-state index contributed by atoms with van der Waals surface area (Å²) in [5.41, 5.74) is 3.61. The molecule has 1 aliphatic rings. The van der Waals surface area contributed by atoms with Crippen molar-refractivity contribution in [2.45, 2.75) is 13.0 Å². The Morgan fingerprint density at radius 1 is 1.09 bits per heavy atom. The highest BCUT2D eigenvalue weighted by atomic mass is 32.2. The van der Waals surface area contributed by atoms with E-state index in [9.17, 15) is 0 Å². The minimum absolute atomic E-state index is 0.250. The van der Waals surface area contributed by atoms with E-state index in [1.165, 1.54) is 11.1 Å². The van der Waals surface area contributed by atoms with E-state index in [1.54, 1.807) is 0 Å². The molecule has 1 atom stereocenters. The van der Waals surface area contributed by atoms with Crippen molar-refractivity contribution in [2.75, 3.05) is 12.3 Å². The highest BCUT2D eigenvalue weighted by molar-refractivity contribution is 8.14. The van der Waals surface area contributed by atoms with E-state index in [0.717, 1.165) is 23.0 Å². The Morgan fingerprint density at radius 3 is 2.41 bits per heavy atom. The van der Waals surface area contributed by atoms with E-state index in [2.05, 4.69) is 71.8 Å². The molecule has 112 valence electrons. The zero-order chi connectivity index (χ0) is 15.2. The standard InChI is InChI=1S/C19H20N2S/c1-15(16-8-4-2-5-9-16)21-18(14-19-20-12-13-22-19)17-10-6-3-7-11-17/h2-11,14-15,21H,12-13H2,1H3/b18-14-. The lowest BCUT2D eigenvalue weighted by atomic mass is 10.1. The van der Waals surface area contributed by atoms with Crippen molar-refractivity contribution in [3.63, 3.8) is 0 Å². The Bertz CT molecular complexity index is 662. The first kappa shape index (κ1) is 14.9. The van der Waals surface area contributed by atoms with Gasteiger partial charge in [-0.1, -0.05) is 60.7 Å². The van der Waals surface area contributed by atoms with Crippen LogP contribution in [0.4, 0.5) is 0 Å². The summed E-state index contributed by atoms with van der Waals surface area (Å²) < 4.78 is 0. The van der Waals surface area contributed by atoms with Crippen molar-refractivity contribution in [3.05, 3.63) is 77.9 Å². The molecule has 1 unspecified atom stereocenters. The van der Waals surface area contributed by atoms with Gasteiger partial charge in [-0.05, 0) is 24.1 Å². The van der Waals surface area contributed by atoms with Crippen LogP contribution in [0, 0.1) is 0 Å². The molecule has 0 saturated heterocycles. The van der Waals surface area contributed by atoms with Gasteiger partial charge in [0.25, 0.3) is 0 Å². The van der Waals surface area contributed by atoms with Crippen LogP contribution in [-0.2, 0) is 0 Å². The largest absolute Gasteiger partial charge is 0.378 e. The molecule has 2 nitrogen and oxygen atoms in total. The third kappa shape index (κ3) is 3.80. The molecular formula is C19H20N2S. The van der Waals surface area contributed by atoms with E-state index >= 15 is 0 Å². The summed E-state index contributed by atoms with van der Waals surface area (Å²) >= 11 is 1.82. The van der Waals surface area contributed by atoms with Crippen LogP contribution < -0.4 is 5.32 Å². The van der Waals surface area contributed by atoms with Gasteiger partial charge in [-0.25, -0.2) is 0 Å². The monoisotopic (exact) mass is 308 g/mol. The molecule has 0 radical (unpaired) electrons. The van der Waals surface area contributed by atoms with Gasteiger partial charge in [0, 0.05) is 24.0 Å². The number of benzene rings is 2. The zero-order valence-electron chi connectivity index (χ0n) is 12.7. The van der Waals surface area contributed by atoms with Crippen molar-refractivity contribution >= 4 is 22.5 Å². The Balaban J connectivity index is 1.86. The predicted molar refractivity (Wildman–Crippen MR) is 97.2 cm³/mol. The maximum atomic E-state index is 4.54. The highest BCUT2D eigenvalue weighted by Crippen LogP contribution is 2.22. The normalized spacial score (nSPS) is 16.2. The van der Waals surface area contributed by atoms with Crippen molar-refractivity contribution in [2.24, 2.45) is 4.99 Å². The SMILES string of the molecule is CC(N/C(=C\C1=NCCS1)c1ccccc1)c1ccccc1. The van der Waals surface area contributed by atoms with Crippen LogP contribution in [0.15, 0.2) is 71.7 Å². The highest BCUT2D eigenvalue weighted by Gasteiger charge is 2.11. The number of aliphatic imine (C=N–C) groups is 1. The molecule has 3 heteroatoms. The second kappa shape index (κ2) is 7.32. The topological polar surface area (TPSA) is 24.4 Å². The van der Waals surface area contributed by atoms with Crippen molar-refractivity contribution in [3.8, 4) is 0 Å². The van der Waals surface area contributed by atoms with E-state index in [-0.39, 0.29) is 6.04 Å². The van der Waals surface area contributed by atoms with Gasteiger partial charge in [-0.3, -0.25) is 4.99 Å². The Kier molecular flexibility index (Phi) is 4.96. The Labute approximate surface area is 136 Å². The number of hydrogen-bond acceptors (Lipinski definition) is 3. The lowest BCUT2D eigenvalue weighted by Crippen LogP contribution is -2.17. The van der Waals surface area contributed by atoms with Gasteiger partial charge in [0.2, 0.25) is 0 Å². The van der Waals surface area contributed by atoms with Gasteiger partial charge >= 0.3 is 0 Å². The molecule has 0 fully saturated rings. The molecule has 2 aromatic rings. The van der Waals surface area contributed by atoms with E-state index < -0.39 is 0 Å². The Hall–Kier alpha value is -2.00. The Morgan fingerprint density at radius 2 is 1.77 bits per heavy atom. The number of nitrogens with one attached hydrogen (secondary N) is 1. The van der Waals surface area contributed by atoms with Crippen LogP contribution >= 0.6 is 11.8 Å². The van der Waals surface area contributed by atoms with Gasteiger partial charge < -0.3 is 5.32 Å². The summed E-state index contributed by atoms with van der Waals surface area (Å²) in [7, 11) is 0. The van der Waals surface area contributed by atoms with E-state index in [4.69, 9.17) is 0 Å². The molecule has 1 heterocycles. The molecule has 3 rings (SSSR count). The number of rotatable bonds is 5. The summed E-state index contributed by atoms with van der Waals surface area (Å²) in [5, 5.41) is 4.76. The third-order valence-electron chi connectivity index (χ3n) is 3.63. The van der Waals surface area contributed by atoms with Gasteiger partial charge in [-0.2, -0.15) is 0 Å². The van der Waals surface area contributed by atoms with Crippen LogP contribution in [0.5, 0.6) is 0 Å². The van der Waals surface area contributed by atoms with Gasteiger partial charge in [0.15, 0.2) is 0 Å². The maximum Gasteiger partial charge on any atom is 0.0926 e. The average Bonchev–Trinajstić information content (AvgIpc) is 3.09. The van der Waals surface area contributed by atoms with Crippen LogP contribution in [0.25, 0.3) is 5.70 Å². The lowest BCUT2D eigenvalue weighted by Gasteiger charge is -2.19. The van der Waals surface area contributed by atoms with Crippen molar-refractivity contribution in [1.82, 2.24) is 5.32 Å². The molecular weight excluding hydrogens is 288 g/mol. The summed E-state index contributed by atoms with van der Waals surface area (Å²) in [5.74, 6) is 1.09. The first-order valence-electron chi connectivity index (χ1n) is 7.59. The molecule has 1 N–H and O–H groups in total. The first-order chi connectivity index (χ1) is 10.8. The second-order valence-electron chi connectivity index (χ2n) is 5.27. The van der Waals surface area contributed by atoms with E-state index in [1.807, 2.05) is 23.9 Å². The van der Waals surface area contributed by atoms with Gasteiger partial charge in [0.05, 0.1) is 5.04 Å². The molecule has 0 spiro atoms. The summed E-state index contributed by atoms with van der Waals surface area (Å²) in [6.45, 7) is 3.11. The minimum atomic E-state index is 0.250. The fourth-order valence-electron chi connectivity index (χ4n) is 2.45. The zero-order valence-corrected chi connectivity index (χ0v) is 13.5. The quantitative estimate of drug-likeness (QED) is 0.878. The molecule has 22 heavy (non-hydrogen) atoms. The minimum Gasteiger partial charge on any atom is -0.378 e. The van der Waals surface area contributed by atoms with Crippen LogP contribution in [0.3, 0.4) is 0 Å². The summed E-state index contributed by atoms with van der Waals surface area (Å²) in [4.78, 5) is 4.54. The van der Waals surface area contributed by atoms with Crippen LogP contribution in [-0.4, -0.2) is 17.3 Å². The molecule has 0 aliphatic carbocycles. The molecule has 1 aliphatic heterocycles.